The van der Waals surface area contributed by atoms with Crippen molar-refractivity contribution in [3.63, 3.8) is 0 Å². The van der Waals surface area contributed by atoms with Crippen molar-refractivity contribution in [1.29, 1.82) is 0 Å². The Balaban J connectivity index is 1.72. The number of thioether (sulfide) groups is 1. The fourth-order valence-corrected chi connectivity index (χ4v) is 5.45. The maximum Gasteiger partial charge on any atom is 0.233 e. The van der Waals surface area contributed by atoms with Crippen LogP contribution in [0.1, 0.15) is 13.3 Å². The molecule has 0 bridgehead atoms. The molecule has 1 fully saturated rings. The second-order valence-electron chi connectivity index (χ2n) is 6.44. The Morgan fingerprint density at radius 2 is 2.15 bits per heavy atom. The largest absolute Gasteiger partial charge is 0.351 e. The van der Waals surface area contributed by atoms with Crippen LogP contribution in [0.3, 0.4) is 0 Å². The van der Waals surface area contributed by atoms with Gasteiger partial charge in [-0.15, -0.1) is 16.8 Å². The van der Waals surface area contributed by atoms with Gasteiger partial charge in [0.1, 0.15) is 0 Å². The van der Waals surface area contributed by atoms with Crippen LogP contribution in [0.5, 0.6) is 0 Å². The second-order valence-corrected chi connectivity index (χ2v) is 9.98. The van der Waals surface area contributed by atoms with E-state index >= 15 is 0 Å². The first kappa shape index (κ1) is 19.6. The molecule has 9 heteroatoms. The van der Waals surface area contributed by atoms with Crippen molar-refractivity contribution in [3.8, 4) is 11.4 Å². The number of rotatable bonds is 7. The number of nitrogens with one attached hydrogen (secondary N) is 1. The number of nitrogens with zero attached hydrogens (tertiary/aromatic N) is 3. The molecule has 1 aromatic heterocycles. The number of sulfone groups is 1. The van der Waals surface area contributed by atoms with Crippen LogP contribution in [0.2, 0.25) is 0 Å². The van der Waals surface area contributed by atoms with E-state index in [2.05, 4.69) is 22.1 Å². The third kappa shape index (κ3) is 4.78. The number of hydrogen-bond acceptors (Lipinski definition) is 6. The number of benzene rings is 1. The van der Waals surface area contributed by atoms with Gasteiger partial charge < -0.3 is 5.32 Å². The molecule has 2 heterocycles. The molecule has 7 nitrogen and oxygen atoms in total. The van der Waals surface area contributed by atoms with Crippen LogP contribution in [0, 0.1) is 0 Å². The van der Waals surface area contributed by atoms with Gasteiger partial charge in [-0.25, -0.2) is 8.42 Å². The monoisotopic (exact) mass is 406 g/mol. The minimum absolute atomic E-state index is 0.0148. The molecule has 0 radical (unpaired) electrons. The van der Waals surface area contributed by atoms with Crippen LogP contribution >= 0.6 is 11.8 Å². The standard InChI is InChI=1S/C18H22N4O3S2/c1-3-10-22-16(14-7-5-4-6-8-14)20-21-18(22)26-13(2)17(23)19-15-9-11-27(24,25)12-15/h3-8,13,15H,1,9-12H2,2H3,(H,19,23)/t13-,15-/m1/s1. The third-order valence-electron chi connectivity index (χ3n) is 4.29. The summed E-state index contributed by atoms with van der Waals surface area (Å²) in [6.45, 7) is 6.08. The van der Waals surface area contributed by atoms with Gasteiger partial charge in [-0.2, -0.15) is 0 Å². The van der Waals surface area contributed by atoms with E-state index in [0.29, 0.717) is 23.9 Å². The molecule has 1 N–H and O–H groups in total. The van der Waals surface area contributed by atoms with Gasteiger partial charge in [-0.05, 0) is 13.3 Å². The molecule has 1 saturated heterocycles. The second kappa shape index (κ2) is 8.26. The van der Waals surface area contributed by atoms with Crippen LogP contribution in [0.25, 0.3) is 11.4 Å². The van der Waals surface area contributed by atoms with Crippen LogP contribution < -0.4 is 5.32 Å². The first-order valence-electron chi connectivity index (χ1n) is 8.66. The van der Waals surface area contributed by atoms with Gasteiger partial charge in [-0.3, -0.25) is 9.36 Å². The summed E-state index contributed by atoms with van der Waals surface area (Å²) < 4.78 is 25.0. The fraction of sp³-hybridized carbons (Fsp3) is 0.389. The minimum Gasteiger partial charge on any atom is -0.351 e. The van der Waals surface area contributed by atoms with Crippen molar-refractivity contribution >= 4 is 27.5 Å². The van der Waals surface area contributed by atoms with E-state index in [1.165, 1.54) is 11.8 Å². The molecule has 3 rings (SSSR count). The normalized spacial score (nSPS) is 19.5. The summed E-state index contributed by atoms with van der Waals surface area (Å²) in [6, 6.07) is 9.39. The minimum atomic E-state index is -3.03. The van der Waals surface area contributed by atoms with E-state index in [9.17, 15) is 13.2 Å². The Labute approximate surface area is 163 Å². The summed E-state index contributed by atoms with van der Waals surface area (Å²) in [5.74, 6) is 0.665. The average molecular weight is 407 g/mol. The fourth-order valence-electron chi connectivity index (χ4n) is 2.91. The highest BCUT2D eigenvalue weighted by Gasteiger charge is 2.30. The third-order valence-corrected chi connectivity index (χ3v) is 7.14. The molecule has 0 unspecified atom stereocenters. The van der Waals surface area contributed by atoms with Crippen LogP contribution in [-0.4, -0.2) is 51.9 Å². The van der Waals surface area contributed by atoms with Crippen LogP contribution in [0.15, 0.2) is 48.1 Å². The maximum atomic E-state index is 12.5. The molecule has 2 atom stereocenters. The summed E-state index contributed by atoms with van der Waals surface area (Å²) >= 11 is 1.30. The highest BCUT2D eigenvalue weighted by Crippen LogP contribution is 2.27. The highest BCUT2D eigenvalue weighted by atomic mass is 32.2. The van der Waals surface area contributed by atoms with E-state index in [1.54, 1.807) is 13.0 Å². The Morgan fingerprint density at radius 3 is 2.78 bits per heavy atom. The lowest BCUT2D eigenvalue weighted by molar-refractivity contribution is -0.120. The molecule has 0 spiro atoms. The molecule has 2 aromatic rings. The zero-order valence-corrected chi connectivity index (χ0v) is 16.7. The summed E-state index contributed by atoms with van der Waals surface area (Å²) in [5, 5.41) is 11.5. The van der Waals surface area contributed by atoms with Crippen molar-refractivity contribution in [2.45, 2.75) is 36.3 Å². The lowest BCUT2D eigenvalue weighted by Gasteiger charge is -2.15. The first-order chi connectivity index (χ1) is 12.9. The van der Waals surface area contributed by atoms with Crippen LogP contribution in [-0.2, 0) is 21.2 Å². The van der Waals surface area contributed by atoms with Crippen LogP contribution in [0.4, 0.5) is 0 Å². The maximum absolute atomic E-state index is 12.5. The van der Waals surface area contributed by atoms with Crippen molar-refractivity contribution < 1.29 is 13.2 Å². The van der Waals surface area contributed by atoms with Gasteiger partial charge in [0.15, 0.2) is 20.8 Å². The van der Waals surface area contributed by atoms with E-state index in [4.69, 9.17) is 0 Å². The zero-order valence-electron chi connectivity index (χ0n) is 15.0. The summed E-state index contributed by atoms with van der Waals surface area (Å²) in [5.41, 5.74) is 0.937. The molecule has 0 saturated carbocycles. The predicted molar refractivity (Wildman–Crippen MR) is 106 cm³/mol. The summed E-state index contributed by atoms with van der Waals surface area (Å²) in [4.78, 5) is 12.5. The Hall–Kier alpha value is -2.13. The number of amides is 1. The first-order valence-corrected chi connectivity index (χ1v) is 11.4. The summed E-state index contributed by atoms with van der Waals surface area (Å²) in [7, 11) is -3.03. The van der Waals surface area contributed by atoms with Gasteiger partial charge in [0.2, 0.25) is 5.91 Å². The number of hydrogen-bond donors (Lipinski definition) is 1. The zero-order chi connectivity index (χ0) is 19.4. The molecular weight excluding hydrogens is 384 g/mol. The summed E-state index contributed by atoms with van der Waals surface area (Å²) in [6.07, 6.45) is 2.23. The molecule has 1 aliphatic rings. The molecule has 144 valence electrons. The van der Waals surface area contributed by atoms with Gasteiger partial charge in [-0.1, -0.05) is 48.2 Å². The number of aromatic nitrogens is 3. The van der Waals surface area contributed by atoms with E-state index in [0.717, 1.165) is 5.56 Å². The molecular formula is C18H22N4O3S2. The molecule has 27 heavy (non-hydrogen) atoms. The quantitative estimate of drug-likeness (QED) is 0.558. The van der Waals surface area contributed by atoms with Gasteiger partial charge in [0, 0.05) is 18.2 Å². The molecule has 1 amide bonds. The average Bonchev–Trinajstić information content (AvgIpc) is 3.19. The Kier molecular flexibility index (Phi) is 6.01. The van der Waals surface area contributed by atoms with Crippen molar-refractivity contribution in [1.82, 2.24) is 20.1 Å². The predicted octanol–water partition coefficient (Wildman–Crippen LogP) is 1.91. The van der Waals surface area contributed by atoms with Crippen molar-refractivity contribution in [2.24, 2.45) is 0 Å². The Morgan fingerprint density at radius 1 is 1.41 bits per heavy atom. The number of carbonyl (C=O) groups is 1. The molecule has 0 aliphatic carbocycles. The smallest absolute Gasteiger partial charge is 0.233 e. The van der Waals surface area contributed by atoms with Gasteiger partial charge in [0.25, 0.3) is 0 Å². The highest BCUT2D eigenvalue weighted by molar-refractivity contribution is 8.00. The van der Waals surface area contributed by atoms with E-state index in [-0.39, 0.29) is 23.5 Å². The number of allylic oxidation sites excluding steroid dienone is 1. The van der Waals surface area contributed by atoms with Gasteiger partial charge >= 0.3 is 0 Å². The number of carbonyl (C=O) groups excluding carboxylic acids is 1. The SMILES string of the molecule is C=CCn1c(S[C@H](C)C(=O)N[C@@H]2CCS(=O)(=O)C2)nnc1-c1ccccc1. The Bertz CT molecular complexity index is 925. The van der Waals surface area contributed by atoms with E-state index < -0.39 is 15.1 Å². The van der Waals surface area contributed by atoms with E-state index in [1.807, 2.05) is 34.9 Å². The lowest BCUT2D eigenvalue weighted by Crippen LogP contribution is -2.40. The van der Waals surface area contributed by atoms with Crippen molar-refractivity contribution in [3.05, 3.63) is 43.0 Å². The molecule has 1 aliphatic heterocycles. The molecule has 1 aromatic carbocycles. The topological polar surface area (TPSA) is 94.0 Å². The lowest BCUT2D eigenvalue weighted by atomic mass is 10.2. The van der Waals surface area contributed by atoms with Gasteiger partial charge in [0.05, 0.1) is 16.8 Å². The van der Waals surface area contributed by atoms with Crippen molar-refractivity contribution in [2.75, 3.05) is 11.5 Å².